The van der Waals surface area contributed by atoms with Crippen LogP contribution in [0.3, 0.4) is 0 Å². The van der Waals surface area contributed by atoms with Crippen molar-refractivity contribution in [3.63, 3.8) is 0 Å². The molecule has 0 saturated heterocycles. The van der Waals surface area contributed by atoms with Crippen molar-refractivity contribution in [2.45, 2.75) is 12.8 Å². The Balaban J connectivity index is 3.03. The summed E-state index contributed by atoms with van der Waals surface area (Å²) >= 11 is 3.29. The monoisotopic (exact) mass is 242 g/mol. The van der Waals surface area contributed by atoms with Gasteiger partial charge >= 0.3 is 0 Å². The highest BCUT2D eigenvalue weighted by Crippen LogP contribution is 2.24. The molecule has 3 nitrogen and oxygen atoms in total. The van der Waals surface area contributed by atoms with E-state index < -0.39 is 0 Å². The van der Waals surface area contributed by atoms with Crippen molar-refractivity contribution in [3.05, 3.63) is 28.2 Å². The molecule has 1 atom stereocenters. The first kappa shape index (κ1) is 10.1. The van der Waals surface area contributed by atoms with Crippen LogP contribution >= 0.6 is 15.9 Å². The van der Waals surface area contributed by atoms with Gasteiger partial charge in [-0.3, -0.25) is 4.79 Å². The smallest absolute Gasteiger partial charge is 0.224 e. The lowest BCUT2D eigenvalue weighted by atomic mass is 10.0. The normalized spacial score (nSPS) is 12.5. The summed E-state index contributed by atoms with van der Waals surface area (Å²) in [5.74, 6) is -0.617. The molecular formula is C9H11BrN2O. The fourth-order valence-electron chi connectivity index (χ4n) is 0.977. The van der Waals surface area contributed by atoms with Crippen LogP contribution in [-0.4, -0.2) is 5.91 Å². The van der Waals surface area contributed by atoms with Gasteiger partial charge in [0.1, 0.15) is 0 Å². The van der Waals surface area contributed by atoms with Gasteiger partial charge in [-0.15, -0.1) is 0 Å². The molecule has 0 aliphatic rings. The van der Waals surface area contributed by atoms with E-state index in [4.69, 9.17) is 11.5 Å². The van der Waals surface area contributed by atoms with E-state index in [2.05, 4.69) is 15.9 Å². The molecule has 1 unspecified atom stereocenters. The number of benzene rings is 1. The standard InChI is InChI=1S/C9H11BrN2O/c1-5(9(12)13)6-2-3-8(11)7(10)4-6/h2-5H,11H2,1H3,(H2,12,13). The van der Waals surface area contributed by atoms with Crippen molar-refractivity contribution >= 4 is 27.5 Å². The van der Waals surface area contributed by atoms with Gasteiger partial charge in [-0.25, -0.2) is 0 Å². The summed E-state index contributed by atoms with van der Waals surface area (Å²) in [6, 6.07) is 5.36. The molecule has 0 spiro atoms. The van der Waals surface area contributed by atoms with Gasteiger partial charge in [0.25, 0.3) is 0 Å². The van der Waals surface area contributed by atoms with Crippen LogP contribution in [-0.2, 0) is 4.79 Å². The lowest BCUT2D eigenvalue weighted by Gasteiger charge is -2.08. The minimum absolute atomic E-state index is 0.281. The molecule has 1 rings (SSSR count). The Labute approximate surface area is 85.2 Å². The highest BCUT2D eigenvalue weighted by Gasteiger charge is 2.11. The number of primary amides is 1. The zero-order valence-corrected chi connectivity index (χ0v) is 8.84. The SMILES string of the molecule is CC(C(N)=O)c1ccc(N)c(Br)c1. The molecular weight excluding hydrogens is 232 g/mol. The van der Waals surface area contributed by atoms with E-state index in [1.807, 2.05) is 6.07 Å². The van der Waals surface area contributed by atoms with Crippen molar-refractivity contribution in [2.75, 3.05) is 5.73 Å². The summed E-state index contributed by atoms with van der Waals surface area (Å²) in [4.78, 5) is 10.9. The van der Waals surface area contributed by atoms with Gasteiger partial charge in [-0.1, -0.05) is 6.07 Å². The van der Waals surface area contributed by atoms with Crippen molar-refractivity contribution < 1.29 is 4.79 Å². The predicted octanol–water partition coefficient (Wildman–Crippen LogP) is 1.62. The molecule has 0 fully saturated rings. The van der Waals surface area contributed by atoms with E-state index in [-0.39, 0.29) is 11.8 Å². The average Bonchev–Trinajstić information content (AvgIpc) is 2.08. The topological polar surface area (TPSA) is 69.1 Å². The number of carbonyl (C=O) groups is 1. The number of hydrogen-bond acceptors (Lipinski definition) is 2. The molecule has 0 bridgehead atoms. The highest BCUT2D eigenvalue weighted by atomic mass is 79.9. The van der Waals surface area contributed by atoms with Gasteiger partial charge < -0.3 is 11.5 Å². The zero-order chi connectivity index (χ0) is 10.0. The van der Waals surface area contributed by atoms with Gasteiger partial charge in [0.2, 0.25) is 5.91 Å². The Hall–Kier alpha value is -1.03. The molecule has 1 amide bonds. The van der Waals surface area contributed by atoms with E-state index >= 15 is 0 Å². The van der Waals surface area contributed by atoms with Crippen LogP contribution < -0.4 is 11.5 Å². The summed E-state index contributed by atoms with van der Waals surface area (Å²) in [5, 5.41) is 0. The van der Waals surface area contributed by atoms with Crippen LogP contribution in [0, 0.1) is 0 Å². The average molecular weight is 243 g/mol. The second kappa shape index (κ2) is 3.79. The van der Waals surface area contributed by atoms with Crippen LogP contribution in [0.2, 0.25) is 0 Å². The largest absolute Gasteiger partial charge is 0.398 e. The molecule has 13 heavy (non-hydrogen) atoms. The fourth-order valence-corrected chi connectivity index (χ4v) is 1.37. The van der Waals surface area contributed by atoms with Crippen LogP contribution in [0.15, 0.2) is 22.7 Å². The molecule has 0 heterocycles. The Morgan fingerprint density at radius 3 is 2.62 bits per heavy atom. The molecule has 1 aromatic carbocycles. The quantitative estimate of drug-likeness (QED) is 0.775. The fraction of sp³-hybridized carbons (Fsp3) is 0.222. The Morgan fingerprint density at radius 1 is 1.54 bits per heavy atom. The molecule has 0 aliphatic carbocycles. The summed E-state index contributed by atoms with van der Waals surface area (Å²) in [7, 11) is 0. The lowest BCUT2D eigenvalue weighted by Crippen LogP contribution is -2.18. The van der Waals surface area contributed by atoms with E-state index in [9.17, 15) is 4.79 Å². The van der Waals surface area contributed by atoms with E-state index in [0.29, 0.717) is 5.69 Å². The first-order chi connectivity index (χ1) is 6.02. The number of halogens is 1. The summed E-state index contributed by atoms with van der Waals surface area (Å²) in [6.07, 6.45) is 0. The maximum absolute atomic E-state index is 10.9. The van der Waals surface area contributed by atoms with Crippen molar-refractivity contribution in [2.24, 2.45) is 5.73 Å². The second-order valence-corrected chi connectivity index (χ2v) is 3.76. The maximum atomic E-state index is 10.9. The van der Waals surface area contributed by atoms with Crippen LogP contribution in [0.1, 0.15) is 18.4 Å². The van der Waals surface area contributed by atoms with E-state index in [1.165, 1.54) is 0 Å². The Morgan fingerprint density at radius 2 is 2.15 bits per heavy atom. The molecule has 0 radical (unpaired) electrons. The van der Waals surface area contributed by atoms with Crippen LogP contribution in [0.25, 0.3) is 0 Å². The van der Waals surface area contributed by atoms with Gasteiger partial charge in [-0.2, -0.15) is 0 Å². The first-order valence-corrected chi connectivity index (χ1v) is 4.66. The Kier molecular flexibility index (Phi) is 2.93. The number of nitrogens with two attached hydrogens (primary N) is 2. The van der Waals surface area contributed by atoms with Crippen molar-refractivity contribution in [3.8, 4) is 0 Å². The molecule has 0 aromatic heterocycles. The minimum atomic E-state index is -0.336. The molecule has 4 N–H and O–H groups in total. The summed E-state index contributed by atoms with van der Waals surface area (Å²) in [6.45, 7) is 1.76. The molecule has 1 aromatic rings. The number of rotatable bonds is 2. The summed E-state index contributed by atoms with van der Waals surface area (Å²) < 4.78 is 0.790. The van der Waals surface area contributed by atoms with Gasteiger partial charge in [0.05, 0.1) is 5.92 Å². The summed E-state index contributed by atoms with van der Waals surface area (Å²) in [5.41, 5.74) is 12.3. The lowest BCUT2D eigenvalue weighted by molar-refractivity contribution is -0.119. The van der Waals surface area contributed by atoms with Crippen molar-refractivity contribution in [1.29, 1.82) is 0 Å². The maximum Gasteiger partial charge on any atom is 0.224 e. The third-order valence-electron chi connectivity index (χ3n) is 1.95. The number of anilines is 1. The minimum Gasteiger partial charge on any atom is -0.398 e. The molecule has 4 heteroatoms. The molecule has 0 saturated carbocycles. The van der Waals surface area contributed by atoms with E-state index in [0.717, 1.165) is 10.0 Å². The second-order valence-electron chi connectivity index (χ2n) is 2.91. The van der Waals surface area contributed by atoms with E-state index in [1.54, 1.807) is 19.1 Å². The number of amides is 1. The van der Waals surface area contributed by atoms with Crippen LogP contribution in [0.5, 0.6) is 0 Å². The molecule has 70 valence electrons. The first-order valence-electron chi connectivity index (χ1n) is 3.86. The number of nitrogen functional groups attached to an aromatic ring is 1. The van der Waals surface area contributed by atoms with Crippen LogP contribution in [0.4, 0.5) is 5.69 Å². The van der Waals surface area contributed by atoms with Gasteiger partial charge in [0, 0.05) is 10.2 Å². The molecule has 0 aliphatic heterocycles. The zero-order valence-electron chi connectivity index (χ0n) is 7.25. The number of hydrogen-bond donors (Lipinski definition) is 2. The number of carbonyl (C=O) groups excluding carboxylic acids is 1. The highest BCUT2D eigenvalue weighted by molar-refractivity contribution is 9.10. The predicted molar refractivity (Wildman–Crippen MR) is 56.2 cm³/mol. The Bertz CT molecular complexity index is 338. The third kappa shape index (κ3) is 2.21. The van der Waals surface area contributed by atoms with Gasteiger partial charge in [-0.05, 0) is 40.5 Å². The van der Waals surface area contributed by atoms with Gasteiger partial charge in [0.15, 0.2) is 0 Å². The third-order valence-corrected chi connectivity index (χ3v) is 2.64. The van der Waals surface area contributed by atoms with Crippen molar-refractivity contribution in [1.82, 2.24) is 0 Å².